The molecule has 0 aromatic heterocycles. The van der Waals surface area contributed by atoms with Crippen LogP contribution >= 0.6 is 0 Å². The number of nitro groups is 1. The first-order valence-electron chi connectivity index (χ1n) is 4.75. The summed E-state index contributed by atoms with van der Waals surface area (Å²) in [7, 11) is 4.40. The number of nitro benzene ring substituents is 1. The molecule has 1 amide bonds. The van der Waals surface area contributed by atoms with E-state index in [0.717, 1.165) is 12.1 Å². The van der Waals surface area contributed by atoms with Crippen LogP contribution in [-0.4, -0.2) is 36.9 Å². The quantitative estimate of drug-likeness (QED) is 0.642. The van der Waals surface area contributed by atoms with Gasteiger partial charge in [0.15, 0.2) is 5.82 Å². The van der Waals surface area contributed by atoms with Crippen LogP contribution in [0, 0.1) is 15.9 Å². The van der Waals surface area contributed by atoms with Crippen molar-refractivity contribution in [1.82, 2.24) is 4.90 Å². The second-order valence-electron chi connectivity index (χ2n) is 3.56. The summed E-state index contributed by atoms with van der Waals surface area (Å²) in [6.07, 6.45) is 0. The van der Waals surface area contributed by atoms with Crippen molar-refractivity contribution in [2.45, 2.75) is 0 Å². The Morgan fingerprint density at radius 2 is 2.06 bits per heavy atom. The minimum atomic E-state index is -0.779. The number of halogens is 1. The Kier molecular flexibility index (Phi) is 3.62. The van der Waals surface area contributed by atoms with Crippen LogP contribution in [0.5, 0.6) is 0 Å². The van der Waals surface area contributed by atoms with Gasteiger partial charge in [-0.3, -0.25) is 14.9 Å². The maximum atomic E-state index is 13.4. The van der Waals surface area contributed by atoms with E-state index in [1.165, 1.54) is 26.0 Å². The summed E-state index contributed by atoms with van der Waals surface area (Å²) in [6.45, 7) is 0. The minimum absolute atomic E-state index is 0.0424. The molecule has 0 atom stereocenters. The number of hydrogen-bond donors (Lipinski definition) is 1. The minimum Gasteiger partial charge on any atom is -0.386 e. The summed E-state index contributed by atoms with van der Waals surface area (Å²) in [5.74, 6) is -1.32. The van der Waals surface area contributed by atoms with Crippen molar-refractivity contribution in [3.63, 3.8) is 0 Å². The van der Waals surface area contributed by atoms with Gasteiger partial charge in [-0.25, -0.2) is 4.39 Å². The number of hydrogen-bond acceptors (Lipinski definition) is 4. The lowest BCUT2D eigenvalue weighted by Gasteiger charge is -2.12. The molecule has 0 aliphatic rings. The molecule has 0 unspecified atom stereocenters. The van der Waals surface area contributed by atoms with E-state index in [1.54, 1.807) is 0 Å². The van der Waals surface area contributed by atoms with E-state index >= 15 is 0 Å². The standard InChI is InChI=1S/C10H12FN3O3/c1-12-8-4-6(10(15)13(2)3)9(14(16)17)5-7(8)11/h4-5,12H,1-3H3. The van der Waals surface area contributed by atoms with Crippen molar-refractivity contribution in [3.05, 3.63) is 33.6 Å². The van der Waals surface area contributed by atoms with Crippen molar-refractivity contribution >= 4 is 17.3 Å². The third kappa shape index (κ3) is 2.49. The lowest BCUT2D eigenvalue weighted by atomic mass is 10.1. The van der Waals surface area contributed by atoms with Gasteiger partial charge in [-0.1, -0.05) is 0 Å². The zero-order valence-electron chi connectivity index (χ0n) is 9.65. The fraction of sp³-hybridized carbons (Fsp3) is 0.300. The van der Waals surface area contributed by atoms with Gasteiger partial charge in [0.1, 0.15) is 5.56 Å². The summed E-state index contributed by atoms with van der Waals surface area (Å²) in [6, 6.07) is 1.87. The Hall–Kier alpha value is -2.18. The van der Waals surface area contributed by atoms with Crippen LogP contribution in [0.15, 0.2) is 12.1 Å². The molecule has 1 N–H and O–H groups in total. The van der Waals surface area contributed by atoms with Crippen LogP contribution < -0.4 is 5.32 Å². The molecule has 0 radical (unpaired) electrons. The molecule has 0 saturated carbocycles. The van der Waals surface area contributed by atoms with Gasteiger partial charge in [0.25, 0.3) is 11.6 Å². The predicted molar refractivity (Wildman–Crippen MR) is 60.6 cm³/mol. The number of amides is 1. The largest absolute Gasteiger partial charge is 0.386 e. The van der Waals surface area contributed by atoms with Crippen LogP contribution in [0.3, 0.4) is 0 Å². The van der Waals surface area contributed by atoms with Gasteiger partial charge in [0, 0.05) is 21.1 Å². The average Bonchev–Trinajstić information content (AvgIpc) is 2.27. The van der Waals surface area contributed by atoms with Gasteiger partial charge in [-0.05, 0) is 6.07 Å². The maximum Gasteiger partial charge on any atom is 0.285 e. The van der Waals surface area contributed by atoms with E-state index < -0.39 is 22.3 Å². The molecule has 0 fully saturated rings. The maximum absolute atomic E-state index is 13.4. The fourth-order valence-corrected chi connectivity index (χ4v) is 1.32. The number of carbonyl (C=O) groups is 1. The second-order valence-corrected chi connectivity index (χ2v) is 3.56. The van der Waals surface area contributed by atoms with Crippen LogP contribution in [0.1, 0.15) is 10.4 Å². The molecule has 92 valence electrons. The second kappa shape index (κ2) is 4.77. The van der Waals surface area contributed by atoms with E-state index in [9.17, 15) is 19.3 Å². The van der Waals surface area contributed by atoms with Crippen molar-refractivity contribution < 1.29 is 14.1 Å². The highest BCUT2D eigenvalue weighted by atomic mass is 19.1. The number of anilines is 1. The lowest BCUT2D eigenvalue weighted by Crippen LogP contribution is -2.23. The van der Waals surface area contributed by atoms with Crippen molar-refractivity contribution in [1.29, 1.82) is 0 Å². The number of nitrogens with zero attached hydrogens (tertiary/aromatic N) is 2. The molecular weight excluding hydrogens is 229 g/mol. The Bertz CT molecular complexity index is 474. The molecule has 1 aromatic rings. The molecule has 0 aliphatic heterocycles. The van der Waals surface area contributed by atoms with E-state index in [-0.39, 0.29) is 11.3 Å². The fourth-order valence-electron chi connectivity index (χ4n) is 1.32. The molecular formula is C10H12FN3O3. The topological polar surface area (TPSA) is 75.5 Å². The predicted octanol–water partition coefficient (Wildman–Crippen LogP) is 1.48. The molecule has 0 spiro atoms. The first kappa shape index (κ1) is 12.9. The van der Waals surface area contributed by atoms with Crippen LogP contribution in [-0.2, 0) is 0 Å². The number of benzene rings is 1. The molecule has 1 aromatic carbocycles. The first-order valence-corrected chi connectivity index (χ1v) is 4.75. The Balaban J connectivity index is 3.44. The van der Waals surface area contributed by atoms with Crippen molar-refractivity contribution in [3.8, 4) is 0 Å². The van der Waals surface area contributed by atoms with Gasteiger partial charge >= 0.3 is 0 Å². The smallest absolute Gasteiger partial charge is 0.285 e. The van der Waals surface area contributed by atoms with Crippen LogP contribution in [0.25, 0.3) is 0 Å². The highest BCUT2D eigenvalue weighted by molar-refractivity contribution is 5.98. The third-order valence-electron chi connectivity index (χ3n) is 2.19. The van der Waals surface area contributed by atoms with E-state index in [4.69, 9.17) is 0 Å². The molecule has 0 saturated heterocycles. The SMILES string of the molecule is CNc1cc(C(=O)N(C)C)c([N+](=O)[O-])cc1F. The monoisotopic (exact) mass is 241 g/mol. The molecule has 17 heavy (non-hydrogen) atoms. The summed E-state index contributed by atoms with van der Waals surface area (Å²) in [5, 5.41) is 13.3. The van der Waals surface area contributed by atoms with Gasteiger partial charge in [-0.15, -0.1) is 0 Å². The molecule has 6 nitrogen and oxygen atoms in total. The summed E-state index contributed by atoms with van der Waals surface area (Å²) in [5.41, 5.74) is -0.647. The normalized spacial score (nSPS) is 9.88. The summed E-state index contributed by atoms with van der Waals surface area (Å²) < 4.78 is 13.4. The van der Waals surface area contributed by atoms with Gasteiger partial charge in [0.2, 0.25) is 0 Å². The Morgan fingerprint density at radius 3 is 2.47 bits per heavy atom. The lowest BCUT2D eigenvalue weighted by molar-refractivity contribution is -0.385. The van der Waals surface area contributed by atoms with Gasteiger partial charge in [-0.2, -0.15) is 0 Å². The number of nitrogens with one attached hydrogen (secondary N) is 1. The average molecular weight is 241 g/mol. The molecule has 0 bridgehead atoms. The van der Waals surface area contributed by atoms with Gasteiger partial charge in [0.05, 0.1) is 16.7 Å². The molecule has 7 heteroatoms. The molecule has 0 heterocycles. The summed E-state index contributed by atoms with van der Waals surface area (Å²) >= 11 is 0. The number of carbonyl (C=O) groups excluding carboxylic acids is 1. The number of rotatable bonds is 3. The highest BCUT2D eigenvalue weighted by Gasteiger charge is 2.24. The van der Waals surface area contributed by atoms with E-state index in [0.29, 0.717) is 0 Å². The van der Waals surface area contributed by atoms with E-state index in [1.807, 2.05) is 0 Å². The van der Waals surface area contributed by atoms with Crippen molar-refractivity contribution in [2.75, 3.05) is 26.5 Å². The van der Waals surface area contributed by atoms with Crippen LogP contribution in [0.4, 0.5) is 15.8 Å². The Labute approximate surface area is 97.2 Å². The summed E-state index contributed by atoms with van der Waals surface area (Å²) in [4.78, 5) is 22.9. The Morgan fingerprint density at radius 1 is 1.47 bits per heavy atom. The highest BCUT2D eigenvalue weighted by Crippen LogP contribution is 2.26. The third-order valence-corrected chi connectivity index (χ3v) is 2.19. The first-order chi connectivity index (χ1) is 7.88. The van der Waals surface area contributed by atoms with Crippen LogP contribution in [0.2, 0.25) is 0 Å². The van der Waals surface area contributed by atoms with Gasteiger partial charge < -0.3 is 10.2 Å². The molecule has 1 rings (SSSR count). The zero-order valence-corrected chi connectivity index (χ0v) is 9.65. The molecule has 0 aliphatic carbocycles. The van der Waals surface area contributed by atoms with Crippen molar-refractivity contribution in [2.24, 2.45) is 0 Å². The zero-order chi connectivity index (χ0) is 13.2. The van der Waals surface area contributed by atoms with E-state index in [2.05, 4.69) is 5.32 Å².